The van der Waals surface area contributed by atoms with Gasteiger partial charge in [0.1, 0.15) is 5.75 Å². The molecule has 1 aromatic rings. The van der Waals surface area contributed by atoms with Gasteiger partial charge in [-0.05, 0) is 33.6 Å². The normalized spacial score (nSPS) is 10.1. The summed E-state index contributed by atoms with van der Waals surface area (Å²) in [5.74, 6) is 0.518. The Balaban J connectivity index is 2.43. The molecule has 0 saturated heterocycles. The van der Waals surface area contributed by atoms with E-state index in [1.54, 1.807) is 7.11 Å². The van der Waals surface area contributed by atoms with Crippen molar-refractivity contribution in [3.63, 3.8) is 0 Å². The Bertz CT molecular complexity index is 369. The summed E-state index contributed by atoms with van der Waals surface area (Å²) in [7, 11) is 1.63. The van der Waals surface area contributed by atoms with Crippen LogP contribution in [0, 0.1) is 0 Å². The van der Waals surface area contributed by atoms with E-state index in [0.717, 1.165) is 15.8 Å². The van der Waals surface area contributed by atoms with Gasteiger partial charge in [-0.25, -0.2) is 0 Å². The molecule has 0 fully saturated rings. The Morgan fingerprint density at radius 3 is 2.88 bits per heavy atom. The monoisotopic (exact) mass is 286 g/mol. The number of benzene rings is 1. The summed E-state index contributed by atoms with van der Waals surface area (Å²) >= 11 is 3.41. The Kier molecular flexibility index (Phi) is 5.28. The van der Waals surface area contributed by atoms with E-state index in [0.29, 0.717) is 19.5 Å². The molecular weight excluding hydrogens is 272 g/mol. The molecule has 0 aliphatic heterocycles. The zero-order valence-corrected chi connectivity index (χ0v) is 10.7. The van der Waals surface area contributed by atoms with Crippen LogP contribution >= 0.6 is 15.9 Å². The topological polar surface area (TPSA) is 64.3 Å². The molecule has 1 rings (SSSR count). The highest BCUT2D eigenvalue weighted by Gasteiger charge is 2.01. The number of nitrogens with one attached hydrogen (secondary N) is 1. The number of methoxy groups -OCH3 is 1. The average molecular weight is 287 g/mol. The number of hydrogen-bond donors (Lipinski definition) is 2. The van der Waals surface area contributed by atoms with Crippen LogP contribution in [-0.4, -0.2) is 19.6 Å². The Morgan fingerprint density at radius 2 is 2.31 bits per heavy atom. The summed E-state index contributed by atoms with van der Waals surface area (Å²) in [6.07, 6.45) is 0.358. The highest BCUT2D eigenvalue weighted by molar-refractivity contribution is 9.10. The lowest BCUT2D eigenvalue weighted by Gasteiger charge is -2.07. The molecule has 4 nitrogen and oxygen atoms in total. The molecular formula is C11H15BrN2O2. The molecule has 0 radical (unpaired) electrons. The number of amides is 1. The fourth-order valence-corrected chi connectivity index (χ4v) is 1.85. The van der Waals surface area contributed by atoms with Crippen LogP contribution in [0.25, 0.3) is 0 Å². The summed E-state index contributed by atoms with van der Waals surface area (Å²) in [6, 6.07) is 5.85. The largest absolute Gasteiger partial charge is 0.496 e. The first-order chi connectivity index (χ1) is 7.63. The third-order valence-corrected chi connectivity index (χ3v) is 2.71. The van der Waals surface area contributed by atoms with Gasteiger partial charge in [0, 0.05) is 19.5 Å². The first-order valence-electron chi connectivity index (χ1n) is 4.95. The van der Waals surface area contributed by atoms with Crippen LogP contribution in [0.5, 0.6) is 5.75 Å². The molecule has 0 aliphatic carbocycles. The second-order valence-corrected chi connectivity index (χ2v) is 4.22. The number of primary amides is 1. The number of carbonyl (C=O) groups excluding carboxylic acids is 1. The van der Waals surface area contributed by atoms with Gasteiger partial charge in [0.15, 0.2) is 0 Å². The van der Waals surface area contributed by atoms with Crippen molar-refractivity contribution in [2.24, 2.45) is 5.73 Å². The van der Waals surface area contributed by atoms with Gasteiger partial charge in [-0.15, -0.1) is 0 Å². The summed E-state index contributed by atoms with van der Waals surface area (Å²) in [4.78, 5) is 10.5. The lowest BCUT2D eigenvalue weighted by atomic mass is 10.2. The molecule has 5 heteroatoms. The number of halogens is 1. The molecule has 88 valence electrons. The summed E-state index contributed by atoms with van der Waals surface area (Å²) in [6.45, 7) is 1.30. The van der Waals surface area contributed by atoms with Crippen molar-refractivity contribution in [3.8, 4) is 5.75 Å². The van der Waals surface area contributed by atoms with Gasteiger partial charge >= 0.3 is 0 Å². The van der Waals surface area contributed by atoms with Crippen LogP contribution in [0.15, 0.2) is 22.7 Å². The molecule has 0 saturated carbocycles. The van der Waals surface area contributed by atoms with E-state index >= 15 is 0 Å². The summed E-state index contributed by atoms with van der Waals surface area (Å²) < 4.78 is 6.05. The summed E-state index contributed by atoms with van der Waals surface area (Å²) in [5, 5.41) is 3.14. The predicted octanol–water partition coefficient (Wildman–Crippen LogP) is 1.42. The van der Waals surface area contributed by atoms with E-state index in [-0.39, 0.29) is 5.91 Å². The lowest BCUT2D eigenvalue weighted by Crippen LogP contribution is -2.21. The van der Waals surface area contributed by atoms with Gasteiger partial charge < -0.3 is 15.8 Å². The van der Waals surface area contributed by atoms with Crippen LogP contribution in [0.2, 0.25) is 0 Å². The van der Waals surface area contributed by atoms with E-state index in [9.17, 15) is 4.79 Å². The van der Waals surface area contributed by atoms with Gasteiger partial charge in [0.05, 0.1) is 11.6 Å². The van der Waals surface area contributed by atoms with Crippen molar-refractivity contribution >= 4 is 21.8 Å². The van der Waals surface area contributed by atoms with E-state index in [4.69, 9.17) is 10.5 Å². The molecule has 0 heterocycles. The first kappa shape index (κ1) is 13.0. The molecule has 0 aromatic heterocycles. The van der Waals surface area contributed by atoms with Crippen LogP contribution in [0.1, 0.15) is 12.0 Å². The van der Waals surface area contributed by atoms with Crippen molar-refractivity contribution in [2.75, 3.05) is 13.7 Å². The maximum Gasteiger partial charge on any atom is 0.218 e. The van der Waals surface area contributed by atoms with E-state index in [2.05, 4.69) is 21.2 Å². The fraction of sp³-hybridized carbons (Fsp3) is 0.364. The van der Waals surface area contributed by atoms with Crippen molar-refractivity contribution in [1.82, 2.24) is 5.32 Å². The molecule has 16 heavy (non-hydrogen) atoms. The van der Waals surface area contributed by atoms with Crippen LogP contribution in [-0.2, 0) is 11.3 Å². The highest BCUT2D eigenvalue weighted by atomic mass is 79.9. The van der Waals surface area contributed by atoms with Gasteiger partial charge in [-0.1, -0.05) is 6.07 Å². The summed E-state index contributed by atoms with van der Waals surface area (Å²) in [5.41, 5.74) is 6.15. The molecule has 1 aromatic carbocycles. The fourth-order valence-electron chi connectivity index (χ4n) is 1.26. The van der Waals surface area contributed by atoms with E-state index < -0.39 is 0 Å². The SMILES string of the molecule is COc1ccc(CNCCC(N)=O)cc1Br. The lowest BCUT2D eigenvalue weighted by molar-refractivity contribution is -0.117. The molecule has 0 bridgehead atoms. The maximum atomic E-state index is 10.5. The number of nitrogens with two attached hydrogens (primary N) is 1. The van der Waals surface area contributed by atoms with E-state index in [1.807, 2.05) is 18.2 Å². The molecule has 0 unspecified atom stereocenters. The quantitative estimate of drug-likeness (QED) is 0.778. The van der Waals surface area contributed by atoms with Crippen molar-refractivity contribution in [1.29, 1.82) is 0 Å². The van der Waals surface area contributed by atoms with Gasteiger partial charge in [0.25, 0.3) is 0 Å². The Labute approximate surface area is 103 Å². The maximum absolute atomic E-state index is 10.5. The minimum absolute atomic E-state index is 0.289. The molecule has 0 spiro atoms. The Morgan fingerprint density at radius 1 is 1.56 bits per heavy atom. The van der Waals surface area contributed by atoms with Gasteiger partial charge in [-0.2, -0.15) is 0 Å². The van der Waals surface area contributed by atoms with Crippen LogP contribution in [0.3, 0.4) is 0 Å². The van der Waals surface area contributed by atoms with Crippen LogP contribution in [0.4, 0.5) is 0 Å². The van der Waals surface area contributed by atoms with E-state index in [1.165, 1.54) is 0 Å². The zero-order chi connectivity index (χ0) is 12.0. The number of hydrogen-bond acceptors (Lipinski definition) is 3. The van der Waals surface area contributed by atoms with Gasteiger partial charge in [0.2, 0.25) is 5.91 Å². The average Bonchev–Trinajstić information content (AvgIpc) is 2.24. The minimum atomic E-state index is -0.289. The number of rotatable bonds is 6. The second-order valence-electron chi connectivity index (χ2n) is 3.36. The number of carbonyl (C=O) groups is 1. The molecule has 0 atom stereocenters. The number of ether oxygens (including phenoxy) is 1. The molecule has 0 aliphatic rings. The third-order valence-electron chi connectivity index (χ3n) is 2.09. The predicted molar refractivity (Wildman–Crippen MR) is 66.2 cm³/mol. The van der Waals surface area contributed by atoms with Gasteiger partial charge in [-0.3, -0.25) is 4.79 Å². The third kappa shape index (κ3) is 4.20. The zero-order valence-electron chi connectivity index (χ0n) is 9.13. The molecule has 3 N–H and O–H groups in total. The van der Waals surface area contributed by atoms with Crippen LogP contribution < -0.4 is 15.8 Å². The smallest absolute Gasteiger partial charge is 0.218 e. The van der Waals surface area contributed by atoms with Crippen molar-refractivity contribution in [3.05, 3.63) is 28.2 Å². The second kappa shape index (κ2) is 6.50. The standard InChI is InChI=1S/C11H15BrN2O2/c1-16-10-3-2-8(6-9(10)12)7-14-5-4-11(13)15/h2-3,6,14H,4-5,7H2,1H3,(H2,13,15). The van der Waals surface area contributed by atoms with Crippen molar-refractivity contribution < 1.29 is 9.53 Å². The first-order valence-corrected chi connectivity index (χ1v) is 5.74. The van der Waals surface area contributed by atoms with Crippen molar-refractivity contribution in [2.45, 2.75) is 13.0 Å². The minimum Gasteiger partial charge on any atom is -0.496 e. The Hall–Kier alpha value is -1.07. The highest BCUT2D eigenvalue weighted by Crippen LogP contribution is 2.25. The molecule has 1 amide bonds.